The summed E-state index contributed by atoms with van der Waals surface area (Å²) in [7, 11) is 0. The number of ether oxygens (including phenoxy) is 1. The van der Waals surface area contributed by atoms with Crippen LogP contribution in [0.2, 0.25) is 0 Å². The summed E-state index contributed by atoms with van der Waals surface area (Å²) in [5.74, 6) is -0.0413. The van der Waals surface area contributed by atoms with Crippen molar-refractivity contribution in [1.29, 1.82) is 0 Å². The summed E-state index contributed by atoms with van der Waals surface area (Å²) >= 11 is 0. The number of nitrogens with one attached hydrogen (secondary N) is 1. The summed E-state index contributed by atoms with van der Waals surface area (Å²) in [5, 5.41) is 2.85. The minimum atomic E-state index is -0.0519. The zero-order chi connectivity index (χ0) is 15.0. The predicted molar refractivity (Wildman–Crippen MR) is 77.1 cm³/mol. The molecule has 1 rings (SSSR count). The van der Waals surface area contributed by atoms with E-state index >= 15 is 0 Å². The Kier molecular flexibility index (Phi) is 7.54. The lowest BCUT2D eigenvalue weighted by atomic mass is 10.0. The van der Waals surface area contributed by atoms with Crippen molar-refractivity contribution >= 4 is 11.8 Å². The van der Waals surface area contributed by atoms with Crippen molar-refractivity contribution in [3.8, 4) is 0 Å². The second kappa shape index (κ2) is 8.92. The molecule has 6 heteroatoms. The molecule has 0 bridgehead atoms. The molecule has 2 amide bonds. The van der Waals surface area contributed by atoms with E-state index in [0.717, 1.165) is 25.8 Å². The minimum Gasteiger partial charge on any atom is -0.369 e. The molecule has 3 N–H and O–H groups in total. The second-order valence-electron chi connectivity index (χ2n) is 5.44. The average Bonchev–Trinajstić information content (AvgIpc) is 2.43. The van der Waals surface area contributed by atoms with E-state index in [2.05, 4.69) is 5.32 Å². The van der Waals surface area contributed by atoms with Crippen molar-refractivity contribution in [3.05, 3.63) is 0 Å². The Hall–Kier alpha value is -1.14. The topological polar surface area (TPSA) is 84.7 Å². The van der Waals surface area contributed by atoms with Gasteiger partial charge in [0.1, 0.15) is 6.61 Å². The molecule has 0 aromatic rings. The van der Waals surface area contributed by atoms with Crippen LogP contribution >= 0.6 is 0 Å². The lowest BCUT2D eigenvalue weighted by molar-refractivity contribution is -0.141. The molecule has 0 radical (unpaired) electrons. The predicted octanol–water partition coefficient (Wildman–Crippen LogP) is 0.258. The van der Waals surface area contributed by atoms with E-state index in [4.69, 9.17) is 10.5 Å². The fourth-order valence-electron chi connectivity index (χ4n) is 2.31. The van der Waals surface area contributed by atoms with Crippen molar-refractivity contribution in [3.63, 3.8) is 0 Å². The molecule has 20 heavy (non-hydrogen) atoms. The smallest absolute Gasteiger partial charge is 0.248 e. The summed E-state index contributed by atoms with van der Waals surface area (Å²) < 4.78 is 5.37. The quantitative estimate of drug-likeness (QED) is 0.702. The van der Waals surface area contributed by atoms with Crippen LogP contribution < -0.4 is 11.1 Å². The van der Waals surface area contributed by atoms with Gasteiger partial charge in [-0.25, -0.2) is 0 Å². The van der Waals surface area contributed by atoms with Gasteiger partial charge in [0.2, 0.25) is 11.8 Å². The van der Waals surface area contributed by atoms with E-state index in [1.54, 1.807) is 0 Å². The van der Waals surface area contributed by atoms with E-state index in [1.165, 1.54) is 0 Å². The maximum absolute atomic E-state index is 12.2. The number of amides is 2. The first kappa shape index (κ1) is 16.9. The molecule has 1 aliphatic heterocycles. The standard InChI is InChI=1S/C14H27N3O3/c1-11(2)20-10-14(19)17-8-4-3-5-12(17)9-16-13(18)6-7-15/h11-12H,3-10,15H2,1-2H3,(H,16,18). The third kappa shape index (κ3) is 5.88. The fraction of sp³-hybridized carbons (Fsp3) is 0.857. The van der Waals surface area contributed by atoms with Crippen LogP contribution in [0.25, 0.3) is 0 Å². The van der Waals surface area contributed by atoms with Gasteiger partial charge >= 0.3 is 0 Å². The summed E-state index contributed by atoms with van der Waals surface area (Å²) in [5.41, 5.74) is 5.34. The van der Waals surface area contributed by atoms with E-state index in [0.29, 0.717) is 19.5 Å². The first-order valence-corrected chi connectivity index (χ1v) is 7.42. The van der Waals surface area contributed by atoms with Gasteiger partial charge < -0.3 is 20.7 Å². The first-order chi connectivity index (χ1) is 9.54. The van der Waals surface area contributed by atoms with Crippen LogP contribution in [-0.4, -0.2) is 55.1 Å². The van der Waals surface area contributed by atoms with E-state index in [1.807, 2.05) is 18.7 Å². The molecule has 1 unspecified atom stereocenters. The zero-order valence-corrected chi connectivity index (χ0v) is 12.6. The molecule has 6 nitrogen and oxygen atoms in total. The molecule has 1 saturated heterocycles. The highest BCUT2D eigenvalue weighted by atomic mass is 16.5. The molecule has 1 fully saturated rings. The maximum atomic E-state index is 12.2. The van der Waals surface area contributed by atoms with Gasteiger partial charge in [0.15, 0.2) is 0 Å². The Morgan fingerprint density at radius 3 is 2.80 bits per heavy atom. The fourth-order valence-corrected chi connectivity index (χ4v) is 2.31. The monoisotopic (exact) mass is 285 g/mol. The van der Waals surface area contributed by atoms with Crippen LogP contribution in [-0.2, 0) is 14.3 Å². The maximum Gasteiger partial charge on any atom is 0.248 e. The Bertz CT molecular complexity index is 321. The van der Waals surface area contributed by atoms with Crippen LogP contribution in [0.1, 0.15) is 39.5 Å². The third-order valence-corrected chi connectivity index (χ3v) is 3.39. The van der Waals surface area contributed by atoms with Gasteiger partial charge in [0, 0.05) is 32.1 Å². The average molecular weight is 285 g/mol. The van der Waals surface area contributed by atoms with Crippen molar-refractivity contribution in [1.82, 2.24) is 10.2 Å². The molecule has 0 saturated carbocycles. The second-order valence-corrected chi connectivity index (χ2v) is 5.44. The summed E-state index contributed by atoms with van der Waals surface area (Å²) in [6.07, 6.45) is 3.41. The molecule has 0 aromatic carbocycles. The Morgan fingerprint density at radius 2 is 2.15 bits per heavy atom. The number of nitrogens with zero attached hydrogens (tertiary/aromatic N) is 1. The van der Waals surface area contributed by atoms with Gasteiger partial charge in [0.25, 0.3) is 0 Å². The van der Waals surface area contributed by atoms with Gasteiger partial charge in [0.05, 0.1) is 6.10 Å². The van der Waals surface area contributed by atoms with Crippen LogP contribution in [0.15, 0.2) is 0 Å². The molecule has 116 valence electrons. The Labute approximate surface area is 121 Å². The SMILES string of the molecule is CC(C)OCC(=O)N1CCCCC1CNC(=O)CCN. The highest BCUT2D eigenvalue weighted by molar-refractivity contribution is 5.78. The Morgan fingerprint density at radius 1 is 1.40 bits per heavy atom. The van der Waals surface area contributed by atoms with Crippen molar-refractivity contribution in [2.24, 2.45) is 5.73 Å². The highest BCUT2D eigenvalue weighted by Gasteiger charge is 2.26. The largest absolute Gasteiger partial charge is 0.369 e. The van der Waals surface area contributed by atoms with Crippen molar-refractivity contribution in [2.75, 3.05) is 26.2 Å². The van der Waals surface area contributed by atoms with Crippen LogP contribution in [0, 0.1) is 0 Å². The molecule has 0 spiro atoms. The highest BCUT2D eigenvalue weighted by Crippen LogP contribution is 2.17. The summed E-state index contributed by atoms with van der Waals surface area (Å²) in [4.78, 5) is 25.5. The number of carbonyl (C=O) groups excluding carboxylic acids is 2. The number of hydrogen-bond acceptors (Lipinski definition) is 4. The molecule has 1 heterocycles. The van der Waals surface area contributed by atoms with Gasteiger partial charge in [-0.1, -0.05) is 0 Å². The van der Waals surface area contributed by atoms with Crippen molar-refractivity contribution < 1.29 is 14.3 Å². The lowest BCUT2D eigenvalue weighted by Crippen LogP contribution is -2.50. The molecule has 0 aliphatic carbocycles. The van der Waals surface area contributed by atoms with E-state index < -0.39 is 0 Å². The van der Waals surface area contributed by atoms with Gasteiger partial charge in [-0.3, -0.25) is 9.59 Å². The summed E-state index contributed by atoms with van der Waals surface area (Å²) in [6, 6.07) is 0.0775. The minimum absolute atomic E-state index is 0.0106. The van der Waals surface area contributed by atoms with Crippen molar-refractivity contribution in [2.45, 2.75) is 51.7 Å². The normalized spacial score (nSPS) is 19.2. The van der Waals surface area contributed by atoms with Gasteiger partial charge in [-0.2, -0.15) is 0 Å². The number of nitrogens with two attached hydrogens (primary N) is 1. The van der Waals surface area contributed by atoms with Gasteiger partial charge in [-0.15, -0.1) is 0 Å². The van der Waals surface area contributed by atoms with E-state index in [-0.39, 0.29) is 30.6 Å². The zero-order valence-electron chi connectivity index (χ0n) is 12.6. The number of likely N-dealkylation sites (tertiary alicyclic amines) is 1. The molecule has 1 aliphatic rings. The molecular formula is C14H27N3O3. The summed E-state index contributed by atoms with van der Waals surface area (Å²) in [6.45, 7) is 5.54. The van der Waals surface area contributed by atoms with E-state index in [9.17, 15) is 9.59 Å². The first-order valence-electron chi connectivity index (χ1n) is 7.42. The molecular weight excluding hydrogens is 258 g/mol. The number of carbonyl (C=O) groups is 2. The van der Waals surface area contributed by atoms with Crippen LogP contribution in [0.5, 0.6) is 0 Å². The van der Waals surface area contributed by atoms with Crippen LogP contribution in [0.3, 0.4) is 0 Å². The number of rotatable bonds is 7. The van der Waals surface area contributed by atoms with Crippen LogP contribution in [0.4, 0.5) is 0 Å². The molecule has 1 atom stereocenters. The lowest BCUT2D eigenvalue weighted by Gasteiger charge is -2.36. The molecule has 0 aromatic heterocycles. The third-order valence-electron chi connectivity index (χ3n) is 3.39. The Balaban J connectivity index is 2.44. The number of piperidine rings is 1. The number of hydrogen-bond donors (Lipinski definition) is 2. The van der Waals surface area contributed by atoms with Gasteiger partial charge in [-0.05, 0) is 33.1 Å².